The SMILES string of the molecule is CC(C)c1ccc(-n2c(O)c([C@@H]3c4cc5c(cc4CC[NH+]3C)OCO5)c(=O)[nH]c2=S)cc1. The molecule has 0 saturated carbocycles. The maximum absolute atomic E-state index is 13.1. The number of fused-ring (bicyclic) bond motifs is 2. The van der Waals surface area contributed by atoms with Crippen LogP contribution < -0.4 is 19.9 Å². The average Bonchev–Trinajstić information content (AvgIpc) is 3.21. The van der Waals surface area contributed by atoms with Gasteiger partial charge in [-0.3, -0.25) is 14.3 Å². The quantitative estimate of drug-likeness (QED) is 0.533. The molecular formula is C24H26N3O4S+. The van der Waals surface area contributed by atoms with E-state index in [4.69, 9.17) is 21.7 Å². The number of quaternary nitrogens is 1. The highest BCUT2D eigenvalue weighted by Crippen LogP contribution is 2.39. The zero-order chi connectivity index (χ0) is 22.6. The summed E-state index contributed by atoms with van der Waals surface area (Å²) in [6.45, 7) is 5.26. The number of aromatic nitrogens is 2. The van der Waals surface area contributed by atoms with E-state index < -0.39 is 0 Å². The third-order valence-corrected chi connectivity index (χ3v) is 6.74. The third kappa shape index (κ3) is 3.30. The van der Waals surface area contributed by atoms with Crippen molar-refractivity contribution in [3.8, 4) is 23.1 Å². The number of likely N-dealkylation sites (N-methyl/N-ethyl adjacent to an activating group) is 1. The number of nitrogens with zero attached hydrogens (tertiary/aromatic N) is 1. The Morgan fingerprint density at radius 1 is 1.19 bits per heavy atom. The molecule has 0 fully saturated rings. The van der Waals surface area contributed by atoms with E-state index >= 15 is 0 Å². The molecule has 0 spiro atoms. The van der Waals surface area contributed by atoms with Gasteiger partial charge in [0.1, 0.15) is 11.6 Å². The van der Waals surface area contributed by atoms with E-state index in [1.807, 2.05) is 43.4 Å². The number of H-pyrrole nitrogens is 1. The largest absolute Gasteiger partial charge is 0.494 e. The van der Waals surface area contributed by atoms with Crippen molar-refractivity contribution in [3.05, 3.63) is 73.8 Å². The Hall–Kier alpha value is -3.10. The molecule has 0 radical (unpaired) electrons. The molecule has 1 unspecified atom stereocenters. The predicted octanol–water partition coefficient (Wildman–Crippen LogP) is 2.61. The highest BCUT2D eigenvalue weighted by atomic mass is 32.1. The second-order valence-corrected chi connectivity index (χ2v) is 9.15. The van der Waals surface area contributed by atoms with Crippen molar-refractivity contribution in [1.29, 1.82) is 0 Å². The van der Waals surface area contributed by atoms with Crippen LogP contribution in [-0.4, -0.2) is 35.0 Å². The van der Waals surface area contributed by atoms with Crippen LogP contribution in [0.3, 0.4) is 0 Å². The molecule has 8 heteroatoms. The summed E-state index contributed by atoms with van der Waals surface area (Å²) in [6, 6.07) is 11.4. The number of aromatic hydroxyl groups is 1. The van der Waals surface area contributed by atoms with E-state index in [0.717, 1.165) is 34.7 Å². The summed E-state index contributed by atoms with van der Waals surface area (Å²) in [6.07, 6.45) is 0.850. The number of aromatic amines is 1. The molecule has 0 saturated heterocycles. The lowest BCUT2D eigenvalue weighted by atomic mass is 9.88. The van der Waals surface area contributed by atoms with Crippen LogP contribution in [-0.2, 0) is 6.42 Å². The Labute approximate surface area is 190 Å². The van der Waals surface area contributed by atoms with Crippen LogP contribution in [0.25, 0.3) is 5.69 Å². The Morgan fingerprint density at radius 3 is 2.56 bits per heavy atom. The number of rotatable bonds is 3. The summed E-state index contributed by atoms with van der Waals surface area (Å²) in [5.74, 6) is 1.64. The molecule has 32 heavy (non-hydrogen) atoms. The minimum absolute atomic E-state index is 0.133. The van der Waals surface area contributed by atoms with Crippen LogP contribution in [0.5, 0.6) is 17.4 Å². The molecule has 1 aromatic heterocycles. The first-order valence-corrected chi connectivity index (χ1v) is 11.2. The van der Waals surface area contributed by atoms with Crippen molar-refractivity contribution in [2.45, 2.75) is 32.2 Å². The summed E-state index contributed by atoms with van der Waals surface area (Å²) in [4.78, 5) is 17.0. The second-order valence-electron chi connectivity index (χ2n) is 8.76. The van der Waals surface area contributed by atoms with Crippen LogP contribution in [0.2, 0.25) is 0 Å². The summed E-state index contributed by atoms with van der Waals surface area (Å²) in [5, 5.41) is 11.4. The van der Waals surface area contributed by atoms with E-state index in [1.54, 1.807) is 0 Å². The predicted molar refractivity (Wildman–Crippen MR) is 123 cm³/mol. The van der Waals surface area contributed by atoms with Gasteiger partial charge in [-0.25, -0.2) is 0 Å². The summed E-state index contributed by atoms with van der Waals surface area (Å²) >= 11 is 5.43. The number of hydrogen-bond donors (Lipinski definition) is 3. The molecule has 0 bridgehead atoms. The molecule has 0 amide bonds. The van der Waals surface area contributed by atoms with Gasteiger partial charge in [-0.1, -0.05) is 26.0 Å². The highest BCUT2D eigenvalue weighted by molar-refractivity contribution is 7.71. The third-order valence-electron chi connectivity index (χ3n) is 6.45. The van der Waals surface area contributed by atoms with Gasteiger partial charge in [-0.15, -0.1) is 0 Å². The lowest BCUT2D eigenvalue weighted by Crippen LogP contribution is -3.10. The number of hydrogen-bond acceptors (Lipinski definition) is 5. The fraction of sp³-hybridized carbons (Fsp3) is 0.333. The van der Waals surface area contributed by atoms with Crippen LogP contribution in [0.4, 0.5) is 0 Å². The minimum Gasteiger partial charge on any atom is -0.494 e. The van der Waals surface area contributed by atoms with Crippen molar-refractivity contribution in [3.63, 3.8) is 0 Å². The molecule has 0 aliphatic carbocycles. The molecule has 2 aliphatic heterocycles. The molecule has 2 aliphatic rings. The van der Waals surface area contributed by atoms with Crippen LogP contribution in [0, 0.1) is 4.77 Å². The smallest absolute Gasteiger partial charge is 0.265 e. The van der Waals surface area contributed by atoms with Crippen molar-refractivity contribution < 1.29 is 19.5 Å². The molecule has 3 N–H and O–H groups in total. The molecule has 2 atom stereocenters. The Morgan fingerprint density at radius 2 is 1.88 bits per heavy atom. The number of ether oxygens (including phenoxy) is 2. The van der Waals surface area contributed by atoms with E-state index in [-0.39, 0.29) is 29.0 Å². The zero-order valence-corrected chi connectivity index (χ0v) is 19.1. The lowest BCUT2D eigenvalue weighted by Gasteiger charge is -2.32. The molecule has 2 aromatic carbocycles. The summed E-state index contributed by atoms with van der Waals surface area (Å²) < 4.78 is 12.8. The summed E-state index contributed by atoms with van der Waals surface area (Å²) in [5.41, 5.74) is 3.86. The first-order chi connectivity index (χ1) is 15.3. The van der Waals surface area contributed by atoms with E-state index in [2.05, 4.69) is 18.8 Å². The molecule has 7 nitrogen and oxygen atoms in total. The van der Waals surface area contributed by atoms with Gasteiger partial charge in [-0.2, -0.15) is 0 Å². The molecular weight excluding hydrogens is 426 g/mol. The van der Waals surface area contributed by atoms with Gasteiger partial charge < -0.3 is 19.5 Å². The van der Waals surface area contributed by atoms with Crippen molar-refractivity contribution in [2.24, 2.45) is 0 Å². The molecule has 5 rings (SSSR count). The monoisotopic (exact) mass is 452 g/mol. The fourth-order valence-corrected chi connectivity index (χ4v) is 4.96. The first-order valence-electron chi connectivity index (χ1n) is 10.8. The second kappa shape index (κ2) is 7.79. The van der Waals surface area contributed by atoms with Gasteiger partial charge in [0.15, 0.2) is 16.3 Å². The maximum atomic E-state index is 13.1. The van der Waals surface area contributed by atoms with Gasteiger partial charge >= 0.3 is 0 Å². The van der Waals surface area contributed by atoms with Gasteiger partial charge in [0.2, 0.25) is 12.7 Å². The Balaban J connectivity index is 1.69. The van der Waals surface area contributed by atoms with Crippen LogP contribution in [0.15, 0.2) is 41.2 Å². The first kappa shape index (κ1) is 20.8. The molecule has 3 heterocycles. The van der Waals surface area contributed by atoms with Gasteiger partial charge in [0.05, 0.1) is 19.3 Å². The minimum atomic E-state index is -0.377. The van der Waals surface area contributed by atoms with Gasteiger partial charge in [0.25, 0.3) is 5.56 Å². The van der Waals surface area contributed by atoms with Crippen molar-refractivity contribution in [2.75, 3.05) is 20.4 Å². The maximum Gasteiger partial charge on any atom is 0.265 e. The Kier molecular flexibility index (Phi) is 5.06. The standard InChI is InChI=1S/C24H25N3O4S/c1-13(2)14-4-6-16(7-5-14)27-23(29)20(22(28)25-24(27)32)21-17-11-19-18(30-12-31-19)10-15(17)8-9-26(21)3/h4-7,10-11,13,21,29H,8-9,12H2,1-3H3,(H,25,28,32)/p+1/t21-/m0/s1. The van der Waals surface area contributed by atoms with Crippen LogP contribution in [0.1, 0.15) is 48.1 Å². The highest BCUT2D eigenvalue weighted by Gasteiger charge is 2.37. The zero-order valence-electron chi connectivity index (χ0n) is 18.3. The topological polar surface area (TPSA) is 80.9 Å². The average molecular weight is 453 g/mol. The van der Waals surface area contributed by atoms with Gasteiger partial charge in [0, 0.05) is 12.0 Å². The van der Waals surface area contributed by atoms with Gasteiger partial charge in [-0.05, 0) is 53.5 Å². The number of benzene rings is 2. The van der Waals surface area contributed by atoms with Crippen LogP contribution >= 0.6 is 12.2 Å². The van der Waals surface area contributed by atoms with E-state index in [9.17, 15) is 9.90 Å². The van der Waals surface area contributed by atoms with E-state index in [1.165, 1.54) is 10.1 Å². The molecule has 166 valence electrons. The Bertz CT molecular complexity index is 1310. The lowest BCUT2D eigenvalue weighted by molar-refractivity contribution is -0.908. The van der Waals surface area contributed by atoms with E-state index in [0.29, 0.717) is 22.9 Å². The number of nitrogens with one attached hydrogen (secondary N) is 2. The summed E-state index contributed by atoms with van der Waals surface area (Å²) in [7, 11) is 2.03. The molecule has 3 aromatic rings. The van der Waals surface area contributed by atoms with Crippen molar-refractivity contribution in [1.82, 2.24) is 9.55 Å². The normalized spacial score (nSPS) is 19.2. The fourth-order valence-electron chi connectivity index (χ4n) is 4.68. The van der Waals surface area contributed by atoms with Crippen molar-refractivity contribution >= 4 is 12.2 Å².